The second kappa shape index (κ2) is 15.6. The molecule has 0 aliphatic rings. The van der Waals surface area contributed by atoms with Gasteiger partial charge in [-0.1, -0.05) is 188 Å². The fourth-order valence-electron chi connectivity index (χ4n) is 10.4. The van der Waals surface area contributed by atoms with E-state index in [1.807, 2.05) is 30.3 Å². The van der Waals surface area contributed by atoms with E-state index in [9.17, 15) is 0 Å². The van der Waals surface area contributed by atoms with Crippen molar-refractivity contribution in [3.05, 3.63) is 237 Å². The maximum atomic E-state index is 6.64. The van der Waals surface area contributed by atoms with Gasteiger partial charge >= 0.3 is 0 Å². The number of hydrogen-bond acceptors (Lipinski definition) is 4. The molecule has 0 aliphatic carbocycles. The highest BCUT2D eigenvalue weighted by molar-refractivity contribution is 6.24. The zero-order chi connectivity index (χ0) is 45.4. The molecule has 322 valence electrons. The van der Waals surface area contributed by atoms with Crippen molar-refractivity contribution in [1.82, 2.24) is 24.1 Å². The first-order valence-corrected chi connectivity index (χ1v) is 23.3. The van der Waals surface area contributed by atoms with E-state index in [4.69, 9.17) is 19.4 Å². The van der Waals surface area contributed by atoms with Crippen LogP contribution in [0.3, 0.4) is 0 Å². The first-order valence-electron chi connectivity index (χ1n) is 23.3. The number of rotatable bonds is 7. The van der Waals surface area contributed by atoms with Crippen LogP contribution in [0.2, 0.25) is 0 Å². The third kappa shape index (κ3) is 6.30. The Kier molecular flexibility index (Phi) is 8.79. The molecule has 0 saturated heterocycles. The van der Waals surface area contributed by atoms with Crippen molar-refractivity contribution in [2.75, 3.05) is 0 Å². The minimum Gasteiger partial charge on any atom is -0.456 e. The predicted molar refractivity (Wildman–Crippen MR) is 283 cm³/mol. The Balaban J connectivity index is 1.06. The summed E-state index contributed by atoms with van der Waals surface area (Å²) in [7, 11) is 0. The summed E-state index contributed by atoms with van der Waals surface area (Å²) in [6, 6.07) is 83.4. The molecule has 0 bridgehead atoms. The summed E-state index contributed by atoms with van der Waals surface area (Å²) in [4.78, 5) is 16.1. The summed E-state index contributed by atoms with van der Waals surface area (Å²) in [5.74, 6) is 1.65. The highest BCUT2D eigenvalue weighted by Crippen LogP contribution is 2.44. The Morgan fingerprint density at radius 1 is 0.304 bits per heavy atom. The minimum absolute atomic E-state index is 0.522. The van der Waals surface area contributed by atoms with Gasteiger partial charge in [0.1, 0.15) is 11.2 Å². The van der Waals surface area contributed by atoms with E-state index >= 15 is 0 Å². The number of furan rings is 1. The Morgan fingerprint density at radius 3 is 1.43 bits per heavy atom. The number of benzene rings is 10. The summed E-state index contributed by atoms with van der Waals surface area (Å²) in [6.45, 7) is 0. The Morgan fingerprint density at radius 2 is 0.812 bits per heavy atom. The molecular formula is C63H39N5O. The van der Waals surface area contributed by atoms with Crippen molar-refractivity contribution >= 4 is 65.6 Å². The topological polar surface area (TPSA) is 61.7 Å². The van der Waals surface area contributed by atoms with Gasteiger partial charge in [-0.3, -0.25) is 4.57 Å². The van der Waals surface area contributed by atoms with Crippen LogP contribution in [0.15, 0.2) is 241 Å². The Hall–Kier alpha value is -9.39. The zero-order valence-electron chi connectivity index (χ0n) is 37.2. The van der Waals surface area contributed by atoms with E-state index in [1.54, 1.807) is 0 Å². The van der Waals surface area contributed by atoms with Crippen LogP contribution < -0.4 is 0 Å². The van der Waals surface area contributed by atoms with Gasteiger partial charge in [0.15, 0.2) is 11.6 Å². The second-order valence-electron chi connectivity index (χ2n) is 17.6. The van der Waals surface area contributed by atoms with Crippen molar-refractivity contribution in [2.24, 2.45) is 0 Å². The average molecular weight is 882 g/mol. The van der Waals surface area contributed by atoms with Crippen LogP contribution >= 0.6 is 0 Å². The lowest BCUT2D eigenvalue weighted by molar-refractivity contribution is 0.669. The van der Waals surface area contributed by atoms with Gasteiger partial charge in [0.25, 0.3) is 0 Å². The normalized spacial score (nSPS) is 11.8. The molecule has 0 aliphatic heterocycles. The molecule has 0 unspecified atom stereocenters. The summed E-state index contributed by atoms with van der Waals surface area (Å²) in [6.07, 6.45) is 0. The molecular weight excluding hydrogens is 843 g/mol. The van der Waals surface area contributed by atoms with E-state index in [0.717, 1.165) is 116 Å². The van der Waals surface area contributed by atoms with Crippen molar-refractivity contribution in [2.45, 2.75) is 0 Å². The first-order chi connectivity index (χ1) is 34.2. The number of aromatic nitrogens is 5. The van der Waals surface area contributed by atoms with Gasteiger partial charge < -0.3 is 8.98 Å². The van der Waals surface area contributed by atoms with Crippen molar-refractivity contribution < 1.29 is 4.42 Å². The quantitative estimate of drug-likeness (QED) is 0.160. The van der Waals surface area contributed by atoms with Gasteiger partial charge in [-0.2, -0.15) is 9.97 Å². The van der Waals surface area contributed by atoms with Crippen LogP contribution in [0.5, 0.6) is 0 Å². The van der Waals surface area contributed by atoms with Gasteiger partial charge in [0, 0.05) is 49.1 Å². The molecule has 6 heteroatoms. The van der Waals surface area contributed by atoms with E-state index < -0.39 is 0 Å². The summed E-state index contributed by atoms with van der Waals surface area (Å²) < 4.78 is 11.3. The summed E-state index contributed by atoms with van der Waals surface area (Å²) >= 11 is 0. The molecule has 0 amide bonds. The molecule has 4 aromatic heterocycles. The van der Waals surface area contributed by atoms with Crippen molar-refractivity contribution in [1.29, 1.82) is 0 Å². The molecule has 69 heavy (non-hydrogen) atoms. The average Bonchev–Trinajstić information content (AvgIpc) is 4.09. The minimum atomic E-state index is 0.522. The third-order valence-electron chi connectivity index (χ3n) is 13.6. The summed E-state index contributed by atoms with van der Waals surface area (Å²) in [5.41, 5.74) is 15.4. The van der Waals surface area contributed by atoms with Gasteiger partial charge in [-0.25, -0.2) is 4.98 Å². The smallest absolute Gasteiger partial charge is 0.238 e. The molecule has 0 fully saturated rings. The molecule has 0 spiro atoms. The number of para-hydroxylation sites is 2. The van der Waals surface area contributed by atoms with Gasteiger partial charge in [-0.15, -0.1) is 0 Å². The molecule has 0 atom stereocenters. The molecule has 6 nitrogen and oxygen atoms in total. The van der Waals surface area contributed by atoms with E-state index in [0.29, 0.717) is 17.6 Å². The highest BCUT2D eigenvalue weighted by atomic mass is 16.3. The maximum Gasteiger partial charge on any atom is 0.238 e. The molecule has 0 N–H and O–H groups in total. The second-order valence-corrected chi connectivity index (χ2v) is 17.6. The Labute approximate surface area is 396 Å². The van der Waals surface area contributed by atoms with E-state index in [1.165, 1.54) is 0 Å². The lowest BCUT2D eigenvalue weighted by Gasteiger charge is -2.16. The van der Waals surface area contributed by atoms with Gasteiger partial charge in [-0.05, 0) is 81.9 Å². The van der Waals surface area contributed by atoms with E-state index in [-0.39, 0.29) is 0 Å². The fraction of sp³-hybridized carbons (Fsp3) is 0. The predicted octanol–water partition coefficient (Wildman–Crippen LogP) is 16.3. The van der Waals surface area contributed by atoms with Crippen molar-refractivity contribution in [3.8, 4) is 67.8 Å². The van der Waals surface area contributed by atoms with Crippen LogP contribution in [-0.2, 0) is 0 Å². The number of hydrogen-bond donors (Lipinski definition) is 0. The van der Waals surface area contributed by atoms with Crippen LogP contribution in [0.1, 0.15) is 0 Å². The largest absolute Gasteiger partial charge is 0.456 e. The van der Waals surface area contributed by atoms with Gasteiger partial charge in [0.05, 0.1) is 22.1 Å². The number of fused-ring (bicyclic) bond motifs is 10. The molecule has 14 aromatic rings. The monoisotopic (exact) mass is 881 g/mol. The highest BCUT2D eigenvalue weighted by Gasteiger charge is 2.24. The van der Waals surface area contributed by atoms with Crippen LogP contribution in [0.25, 0.3) is 133 Å². The molecule has 14 rings (SSSR count). The van der Waals surface area contributed by atoms with E-state index in [2.05, 4.69) is 215 Å². The molecule has 10 aromatic carbocycles. The fourth-order valence-corrected chi connectivity index (χ4v) is 10.4. The molecule has 0 saturated carbocycles. The SMILES string of the molecule is c1ccc(-c2cc(-c3ccccc3)cc(-n3c4ccccc4c4ccc5c6ccccc6n(-c6nc(-c7ccccc7)nc(-c7ccc8c(c7)oc7cccc(-c9ccccc9)c78)n6)c5c43)c2)cc1. The van der Waals surface area contributed by atoms with Crippen LogP contribution in [0.4, 0.5) is 0 Å². The Bertz CT molecular complexity index is 4230. The van der Waals surface area contributed by atoms with Gasteiger partial charge in [0.2, 0.25) is 5.95 Å². The van der Waals surface area contributed by atoms with Crippen molar-refractivity contribution in [3.63, 3.8) is 0 Å². The first kappa shape index (κ1) is 38.8. The van der Waals surface area contributed by atoms with Crippen LogP contribution in [0, 0.1) is 0 Å². The maximum absolute atomic E-state index is 6.64. The lowest BCUT2D eigenvalue weighted by atomic mass is 9.98. The molecule has 0 radical (unpaired) electrons. The molecule has 4 heterocycles. The zero-order valence-corrected chi connectivity index (χ0v) is 37.2. The number of nitrogens with zero attached hydrogens (tertiary/aromatic N) is 5. The van der Waals surface area contributed by atoms with Crippen LogP contribution in [-0.4, -0.2) is 24.1 Å². The third-order valence-corrected chi connectivity index (χ3v) is 13.6. The lowest BCUT2D eigenvalue weighted by Crippen LogP contribution is -2.07. The summed E-state index contributed by atoms with van der Waals surface area (Å²) in [5, 5.41) is 6.63. The standard InChI is InChI=1S/C63H39N5O/c1-5-18-40(19-6-1)45-36-46(41-20-7-2-8-21-41)38-47(37-45)67-54-29-15-13-26-49(54)51-34-35-52-50-27-14-16-30-55(50)68(60(52)59(51)67)63-65-61(43-24-11-4-12-25-43)64-62(66-63)44-32-33-53-57(39-44)69-56-31-17-28-48(58(53)56)42-22-9-3-10-23-42/h1-39H.